The first-order valence-corrected chi connectivity index (χ1v) is 6.59. The number of ether oxygens (including phenoxy) is 3. The minimum atomic E-state index is -0.994. The Labute approximate surface area is 112 Å². The molecule has 108 valence electrons. The SMILES string of the molecule is CCOC(=O)C1(NC(=O)OC(C)(C)C)C[C@@H]2O[C@@H]2C1. The molecular formula is C13H21NO5. The van der Waals surface area contributed by atoms with Crippen molar-refractivity contribution in [3.63, 3.8) is 0 Å². The van der Waals surface area contributed by atoms with E-state index in [1.165, 1.54) is 0 Å². The summed E-state index contributed by atoms with van der Waals surface area (Å²) in [4.78, 5) is 24.0. The molecule has 6 nitrogen and oxygen atoms in total. The lowest BCUT2D eigenvalue weighted by molar-refractivity contribution is -0.152. The van der Waals surface area contributed by atoms with Crippen LogP contribution in [0.2, 0.25) is 0 Å². The Balaban J connectivity index is 2.03. The highest BCUT2D eigenvalue weighted by Crippen LogP contribution is 2.45. The maximum Gasteiger partial charge on any atom is 0.408 e. The predicted octanol–water partition coefficient (Wildman–Crippen LogP) is 1.37. The number of epoxide rings is 1. The van der Waals surface area contributed by atoms with E-state index in [2.05, 4.69) is 5.32 Å². The van der Waals surface area contributed by atoms with E-state index in [0.29, 0.717) is 12.8 Å². The highest BCUT2D eigenvalue weighted by atomic mass is 16.6. The van der Waals surface area contributed by atoms with Crippen LogP contribution in [0.25, 0.3) is 0 Å². The molecule has 0 aromatic carbocycles. The van der Waals surface area contributed by atoms with Gasteiger partial charge in [-0.3, -0.25) is 0 Å². The van der Waals surface area contributed by atoms with Gasteiger partial charge in [0.25, 0.3) is 0 Å². The first-order chi connectivity index (χ1) is 8.76. The van der Waals surface area contributed by atoms with Crippen LogP contribution >= 0.6 is 0 Å². The van der Waals surface area contributed by atoms with Crippen molar-refractivity contribution in [3.05, 3.63) is 0 Å². The zero-order chi connectivity index (χ0) is 14.3. The van der Waals surface area contributed by atoms with Crippen LogP contribution in [0.1, 0.15) is 40.5 Å². The van der Waals surface area contributed by atoms with Crippen LogP contribution in [0.4, 0.5) is 4.79 Å². The van der Waals surface area contributed by atoms with Gasteiger partial charge in [-0.1, -0.05) is 0 Å². The van der Waals surface area contributed by atoms with E-state index in [4.69, 9.17) is 14.2 Å². The Morgan fingerprint density at radius 1 is 1.32 bits per heavy atom. The van der Waals surface area contributed by atoms with Gasteiger partial charge in [-0.2, -0.15) is 0 Å². The van der Waals surface area contributed by atoms with Crippen molar-refractivity contribution in [3.8, 4) is 0 Å². The molecule has 1 unspecified atom stereocenters. The summed E-state index contributed by atoms with van der Waals surface area (Å²) in [6.45, 7) is 7.36. The molecule has 1 aliphatic heterocycles. The molecule has 6 heteroatoms. The summed E-state index contributed by atoms with van der Waals surface area (Å²) < 4.78 is 15.6. The molecule has 0 spiro atoms. The van der Waals surface area contributed by atoms with E-state index in [1.807, 2.05) is 0 Å². The number of carbonyl (C=O) groups excluding carboxylic acids is 2. The molecule has 2 rings (SSSR count). The van der Waals surface area contributed by atoms with Gasteiger partial charge in [0, 0.05) is 12.8 Å². The van der Waals surface area contributed by atoms with E-state index >= 15 is 0 Å². The zero-order valence-corrected chi connectivity index (χ0v) is 11.8. The molecule has 1 aliphatic carbocycles. The van der Waals surface area contributed by atoms with Crippen LogP contribution in [0.15, 0.2) is 0 Å². The molecule has 1 saturated heterocycles. The average Bonchev–Trinajstić information content (AvgIpc) is 2.84. The quantitative estimate of drug-likeness (QED) is 0.619. The van der Waals surface area contributed by atoms with Crippen molar-refractivity contribution < 1.29 is 23.8 Å². The fraction of sp³-hybridized carbons (Fsp3) is 0.846. The molecule has 19 heavy (non-hydrogen) atoms. The second-order valence-corrected chi connectivity index (χ2v) is 6.05. The van der Waals surface area contributed by atoms with Gasteiger partial charge in [0.15, 0.2) is 0 Å². The maximum atomic E-state index is 12.1. The molecule has 1 saturated carbocycles. The highest BCUT2D eigenvalue weighted by Gasteiger charge is 2.61. The number of esters is 1. The van der Waals surface area contributed by atoms with E-state index in [1.54, 1.807) is 27.7 Å². The van der Waals surface area contributed by atoms with Gasteiger partial charge in [-0.25, -0.2) is 9.59 Å². The largest absolute Gasteiger partial charge is 0.464 e. The molecule has 1 N–H and O–H groups in total. The number of carbonyl (C=O) groups is 2. The molecule has 1 amide bonds. The van der Waals surface area contributed by atoms with Gasteiger partial charge >= 0.3 is 12.1 Å². The Morgan fingerprint density at radius 3 is 2.37 bits per heavy atom. The van der Waals surface area contributed by atoms with Gasteiger partial charge in [0.05, 0.1) is 18.8 Å². The van der Waals surface area contributed by atoms with Gasteiger partial charge < -0.3 is 19.5 Å². The third kappa shape index (κ3) is 3.18. The molecule has 0 radical (unpaired) electrons. The lowest BCUT2D eigenvalue weighted by atomic mass is 9.97. The normalized spacial score (nSPS) is 32.4. The standard InChI is InChI=1S/C13H21NO5/c1-5-17-10(15)13(6-8-9(7-13)18-8)14-11(16)19-12(2,3)4/h8-9H,5-7H2,1-4H3,(H,14,16)/t8-,9+,13?. The summed E-state index contributed by atoms with van der Waals surface area (Å²) in [5.41, 5.74) is -1.59. The second kappa shape index (κ2) is 4.67. The van der Waals surface area contributed by atoms with E-state index < -0.39 is 23.2 Å². The minimum Gasteiger partial charge on any atom is -0.464 e. The smallest absolute Gasteiger partial charge is 0.408 e. The van der Waals surface area contributed by atoms with E-state index in [-0.39, 0.29) is 18.8 Å². The molecular weight excluding hydrogens is 250 g/mol. The monoisotopic (exact) mass is 271 g/mol. The first-order valence-electron chi connectivity index (χ1n) is 6.59. The molecule has 2 aliphatic rings. The third-order valence-electron chi connectivity index (χ3n) is 3.19. The van der Waals surface area contributed by atoms with Crippen molar-refractivity contribution in [1.29, 1.82) is 0 Å². The molecule has 0 bridgehead atoms. The highest BCUT2D eigenvalue weighted by molar-refractivity contribution is 5.86. The lowest BCUT2D eigenvalue weighted by Gasteiger charge is -2.30. The van der Waals surface area contributed by atoms with Crippen LogP contribution in [0.5, 0.6) is 0 Å². The summed E-state index contributed by atoms with van der Waals surface area (Å²) in [5.74, 6) is -0.406. The number of amides is 1. The number of hydrogen-bond donors (Lipinski definition) is 1. The van der Waals surface area contributed by atoms with Crippen molar-refractivity contribution in [2.45, 2.75) is 63.9 Å². The van der Waals surface area contributed by atoms with Crippen LogP contribution in [0, 0.1) is 0 Å². The zero-order valence-electron chi connectivity index (χ0n) is 11.8. The number of nitrogens with one attached hydrogen (secondary N) is 1. The predicted molar refractivity (Wildman–Crippen MR) is 66.6 cm³/mol. The molecule has 1 heterocycles. The van der Waals surface area contributed by atoms with Crippen molar-refractivity contribution >= 4 is 12.1 Å². The fourth-order valence-electron chi connectivity index (χ4n) is 2.40. The number of hydrogen-bond acceptors (Lipinski definition) is 5. The number of alkyl carbamates (subject to hydrolysis) is 1. The Kier molecular flexibility index (Phi) is 3.47. The molecule has 2 fully saturated rings. The minimum absolute atomic E-state index is 0.0549. The summed E-state index contributed by atoms with van der Waals surface area (Å²) >= 11 is 0. The van der Waals surface area contributed by atoms with Crippen LogP contribution < -0.4 is 5.32 Å². The summed E-state index contributed by atoms with van der Waals surface area (Å²) in [5, 5.41) is 2.68. The van der Waals surface area contributed by atoms with Crippen molar-refractivity contribution in [2.24, 2.45) is 0 Å². The fourth-order valence-corrected chi connectivity index (χ4v) is 2.40. The van der Waals surface area contributed by atoms with Crippen LogP contribution in [-0.4, -0.2) is 42.0 Å². The van der Waals surface area contributed by atoms with Crippen LogP contribution in [-0.2, 0) is 19.0 Å². The summed E-state index contributed by atoms with van der Waals surface area (Å²) in [7, 11) is 0. The maximum absolute atomic E-state index is 12.1. The average molecular weight is 271 g/mol. The summed E-state index contributed by atoms with van der Waals surface area (Å²) in [6, 6.07) is 0. The van der Waals surface area contributed by atoms with Gasteiger partial charge in [-0.05, 0) is 27.7 Å². The van der Waals surface area contributed by atoms with Crippen LogP contribution in [0.3, 0.4) is 0 Å². The Hall–Kier alpha value is -1.30. The van der Waals surface area contributed by atoms with Gasteiger partial charge in [0.1, 0.15) is 11.1 Å². The topological polar surface area (TPSA) is 77.2 Å². The van der Waals surface area contributed by atoms with Gasteiger partial charge in [-0.15, -0.1) is 0 Å². The first kappa shape index (κ1) is 14.1. The number of fused-ring (bicyclic) bond motifs is 1. The molecule has 0 aromatic rings. The van der Waals surface area contributed by atoms with Crippen molar-refractivity contribution in [2.75, 3.05) is 6.61 Å². The Morgan fingerprint density at radius 2 is 1.89 bits per heavy atom. The molecule has 0 aromatic heterocycles. The lowest BCUT2D eigenvalue weighted by Crippen LogP contribution is -2.55. The third-order valence-corrected chi connectivity index (χ3v) is 3.19. The summed E-state index contributed by atoms with van der Waals surface area (Å²) in [6.07, 6.45) is 0.423. The van der Waals surface area contributed by atoms with E-state index in [9.17, 15) is 9.59 Å². The molecule has 3 atom stereocenters. The van der Waals surface area contributed by atoms with Crippen molar-refractivity contribution in [1.82, 2.24) is 5.32 Å². The van der Waals surface area contributed by atoms with Gasteiger partial charge in [0.2, 0.25) is 0 Å². The number of rotatable bonds is 3. The van der Waals surface area contributed by atoms with E-state index in [0.717, 1.165) is 0 Å². The second-order valence-electron chi connectivity index (χ2n) is 6.05. The Bertz CT molecular complexity index is 377.